The fourth-order valence-electron chi connectivity index (χ4n) is 7.52. The minimum Gasteiger partial charge on any atom is -0.497 e. The van der Waals surface area contributed by atoms with Crippen molar-refractivity contribution >= 4 is 44.9 Å². The predicted octanol–water partition coefficient (Wildman–Crippen LogP) is 5.78. The molecule has 4 aliphatic rings. The molecule has 4 atom stereocenters. The van der Waals surface area contributed by atoms with Crippen LogP contribution >= 0.6 is 0 Å². The van der Waals surface area contributed by atoms with Crippen molar-refractivity contribution in [3.8, 4) is 22.8 Å². The van der Waals surface area contributed by atoms with Gasteiger partial charge in [0.05, 0.1) is 30.1 Å². The molecule has 4 fully saturated rings. The SMILES string of the molecule is COc1ccc2c(OC3CC(C(=O)N(C(=O)NS(=O)(=O)C4CC4)C4CC45CC5)N(C(=O)C(NC(=O)OC(C)(C)C)C(C)(C)C)C3)cc(-c3ccccc3)nc2c1. The third-order valence-corrected chi connectivity index (χ3v) is 12.8. The Morgan fingerprint density at radius 1 is 0.982 bits per heavy atom. The van der Waals surface area contributed by atoms with Gasteiger partial charge in [0.15, 0.2) is 0 Å². The van der Waals surface area contributed by atoms with Gasteiger partial charge in [-0.3, -0.25) is 14.5 Å². The standard InChI is InChI=1S/C41H51N5O9S/c1-39(2,3)34(43-38(50)55-40(4,5)6)36(48)45-23-26(54-32-21-29(24-11-9-8-10-12-24)42-30-19-25(53-7)13-16-28(30)32)20-31(45)35(47)46(33-22-41(33)17-18-41)37(49)44-56(51,52)27-14-15-27/h8-13,16,19,21,26-27,31,33-34H,14-15,17-18,20,22-23H2,1-7H3,(H,43,50)(H,44,49). The molecular weight excluding hydrogens is 739 g/mol. The topological polar surface area (TPSA) is 174 Å². The Hall–Kier alpha value is -4.92. The van der Waals surface area contributed by atoms with E-state index in [1.807, 2.05) is 42.5 Å². The van der Waals surface area contributed by atoms with E-state index < -0.39 is 74.5 Å². The summed E-state index contributed by atoms with van der Waals surface area (Å²) in [7, 11) is -2.41. The van der Waals surface area contributed by atoms with Crippen LogP contribution in [0.5, 0.6) is 11.5 Å². The first kappa shape index (κ1) is 39.3. The lowest BCUT2D eigenvalue weighted by Crippen LogP contribution is -2.60. The van der Waals surface area contributed by atoms with Crippen LogP contribution in [0.25, 0.3) is 22.2 Å². The molecule has 5 amide bonds. The number of pyridine rings is 1. The Balaban J connectivity index is 1.25. The van der Waals surface area contributed by atoms with E-state index in [-0.39, 0.29) is 18.4 Å². The van der Waals surface area contributed by atoms with Crippen molar-refractivity contribution in [2.24, 2.45) is 10.8 Å². The number of nitrogens with one attached hydrogen (secondary N) is 2. The maximum atomic E-state index is 14.9. The van der Waals surface area contributed by atoms with Gasteiger partial charge in [0.1, 0.15) is 35.3 Å². The highest BCUT2D eigenvalue weighted by Crippen LogP contribution is 2.68. The second-order valence-corrected chi connectivity index (χ2v) is 19.6. The van der Waals surface area contributed by atoms with Crippen LogP contribution in [0.1, 0.15) is 80.1 Å². The van der Waals surface area contributed by atoms with Gasteiger partial charge in [-0.25, -0.2) is 27.7 Å². The summed E-state index contributed by atoms with van der Waals surface area (Å²) in [5, 5.41) is 2.74. The number of urea groups is 1. The van der Waals surface area contributed by atoms with Gasteiger partial charge in [-0.15, -0.1) is 0 Å². The number of sulfonamides is 1. The molecule has 4 unspecified atom stereocenters. The van der Waals surface area contributed by atoms with Crippen molar-refractivity contribution in [2.75, 3.05) is 13.7 Å². The van der Waals surface area contributed by atoms with Gasteiger partial charge in [-0.1, -0.05) is 51.1 Å². The number of nitrogens with zero attached hydrogens (tertiary/aromatic N) is 3. The van der Waals surface area contributed by atoms with Gasteiger partial charge in [0.25, 0.3) is 5.91 Å². The summed E-state index contributed by atoms with van der Waals surface area (Å²) >= 11 is 0. The monoisotopic (exact) mass is 789 g/mol. The zero-order valence-electron chi connectivity index (χ0n) is 33.0. The van der Waals surface area contributed by atoms with Gasteiger partial charge >= 0.3 is 12.1 Å². The van der Waals surface area contributed by atoms with Gasteiger partial charge in [0, 0.05) is 35.5 Å². The van der Waals surface area contributed by atoms with Crippen molar-refractivity contribution in [1.29, 1.82) is 0 Å². The first-order valence-electron chi connectivity index (χ1n) is 19.2. The number of ether oxygens (including phenoxy) is 3. The molecule has 0 radical (unpaired) electrons. The Bertz CT molecular complexity index is 2160. The summed E-state index contributed by atoms with van der Waals surface area (Å²) in [5.41, 5.74) is 0.190. The number of aromatic nitrogens is 1. The van der Waals surface area contributed by atoms with Crippen LogP contribution < -0.4 is 19.5 Å². The van der Waals surface area contributed by atoms with Gasteiger partial charge in [-0.2, -0.15) is 0 Å². The van der Waals surface area contributed by atoms with E-state index in [9.17, 15) is 27.6 Å². The minimum absolute atomic E-state index is 0.00656. The molecule has 3 saturated carbocycles. The lowest BCUT2D eigenvalue weighted by atomic mass is 9.85. The van der Waals surface area contributed by atoms with Crippen molar-refractivity contribution in [2.45, 2.75) is 115 Å². The first-order valence-corrected chi connectivity index (χ1v) is 20.7. The number of imide groups is 1. The Kier molecular flexibility index (Phi) is 9.99. The molecule has 1 spiro atoms. The molecule has 56 heavy (non-hydrogen) atoms. The fraction of sp³-hybridized carbons (Fsp3) is 0.537. The van der Waals surface area contributed by atoms with Crippen LogP contribution in [-0.4, -0.2) is 95.9 Å². The van der Waals surface area contributed by atoms with Crippen molar-refractivity contribution in [1.82, 2.24) is 24.8 Å². The van der Waals surface area contributed by atoms with Crippen molar-refractivity contribution < 1.29 is 41.8 Å². The lowest BCUT2D eigenvalue weighted by Gasteiger charge is -2.36. The van der Waals surface area contributed by atoms with Crippen molar-refractivity contribution in [3.05, 3.63) is 54.6 Å². The van der Waals surface area contributed by atoms with Crippen molar-refractivity contribution in [3.63, 3.8) is 0 Å². The number of fused-ring (bicyclic) bond motifs is 1. The molecule has 1 saturated heterocycles. The summed E-state index contributed by atoms with van der Waals surface area (Å²) in [5.74, 6) is -0.192. The van der Waals surface area contributed by atoms with E-state index in [0.717, 1.165) is 23.3 Å². The Labute approximate surface area is 327 Å². The number of benzene rings is 2. The zero-order valence-corrected chi connectivity index (χ0v) is 33.8. The third kappa shape index (κ3) is 8.28. The quantitative estimate of drug-likeness (QED) is 0.256. The van der Waals surface area contributed by atoms with E-state index in [2.05, 4.69) is 10.0 Å². The highest BCUT2D eigenvalue weighted by atomic mass is 32.2. The molecule has 1 aliphatic heterocycles. The molecule has 15 heteroatoms. The molecular formula is C41H51N5O9S. The highest BCUT2D eigenvalue weighted by Gasteiger charge is 2.68. The van der Waals surface area contributed by atoms with E-state index in [1.54, 1.807) is 60.8 Å². The second kappa shape index (κ2) is 14.2. The number of alkyl carbamates (subject to hydrolysis) is 1. The normalized spacial score (nSPS) is 21.9. The van der Waals surface area contributed by atoms with E-state index >= 15 is 0 Å². The van der Waals surface area contributed by atoms with Crippen LogP contribution in [0, 0.1) is 10.8 Å². The van der Waals surface area contributed by atoms with E-state index in [4.69, 9.17) is 19.2 Å². The summed E-state index contributed by atoms with van der Waals surface area (Å²) in [6.45, 7) is 10.5. The molecule has 2 aromatic carbocycles. The summed E-state index contributed by atoms with van der Waals surface area (Å²) in [6, 6.07) is 13.0. The first-order chi connectivity index (χ1) is 26.3. The molecule has 14 nitrogen and oxygen atoms in total. The van der Waals surface area contributed by atoms with Crippen LogP contribution in [0.4, 0.5) is 9.59 Å². The maximum Gasteiger partial charge on any atom is 0.408 e. The van der Waals surface area contributed by atoms with Crippen LogP contribution in [0.3, 0.4) is 0 Å². The Morgan fingerprint density at radius 2 is 1.68 bits per heavy atom. The van der Waals surface area contributed by atoms with Gasteiger partial charge in [-0.05, 0) is 75.8 Å². The predicted molar refractivity (Wildman–Crippen MR) is 208 cm³/mol. The minimum atomic E-state index is -3.98. The Morgan fingerprint density at radius 3 is 2.27 bits per heavy atom. The maximum absolute atomic E-state index is 14.9. The molecule has 2 heterocycles. The van der Waals surface area contributed by atoms with E-state index in [0.29, 0.717) is 47.4 Å². The largest absolute Gasteiger partial charge is 0.497 e. The third-order valence-electron chi connectivity index (χ3n) is 10.9. The molecule has 7 rings (SSSR count). The molecule has 1 aromatic heterocycles. The number of hydrogen-bond acceptors (Lipinski definition) is 10. The molecule has 3 aromatic rings. The molecule has 300 valence electrons. The second-order valence-electron chi connectivity index (χ2n) is 17.6. The number of carbonyl (C=O) groups is 4. The van der Waals surface area contributed by atoms with Crippen LogP contribution in [0.15, 0.2) is 54.6 Å². The zero-order chi connectivity index (χ0) is 40.4. The average Bonchev–Trinajstić information content (AvgIpc) is 4.06. The number of methoxy groups -OCH3 is 1. The molecule has 3 aliphatic carbocycles. The average molecular weight is 790 g/mol. The van der Waals surface area contributed by atoms with E-state index in [1.165, 1.54) is 4.90 Å². The van der Waals surface area contributed by atoms with Gasteiger partial charge < -0.3 is 24.4 Å². The summed E-state index contributed by atoms with van der Waals surface area (Å²) in [6.07, 6.45) is 1.53. The highest BCUT2D eigenvalue weighted by molar-refractivity contribution is 7.90. The number of rotatable bonds is 10. The number of carbonyl (C=O) groups excluding carboxylic acids is 4. The van der Waals surface area contributed by atoms with Crippen LogP contribution in [-0.2, 0) is 24.3 Å². The molecule has 0 bridgehead atoms. The van der Waals surface area contributed by atoms with Gasteiger partial charge in [0.2, 0.25) is 15.9 Å². The lowest BCUT2D eigenvalue weighted by molar-refractivity contribution is -0.145. The summed E-state index contributed by atoms with van der Waals surface area (Å²) in [4.78, 5) is 63.9. The smallest absolute Gasteiger partial charge is 0.408 e. The number of likely N-dealkylation sites (tertiary alicyclic amines) is 1. The van der Waals surface area contributed by atoms with Crippen LogP contribution in [0.2, 0.25) is 0 Å². The molecule has 2 N–H and O–H groups in total. The number of amides is 5. The number of hydrogen-bond donors (Lipinski definition) is 2. The summed E-state index contributed by atoms with van der Waals surface area (Å²) < 4.78 is 45.8. The fourth-order valence-corrected chi connectivity index (χ4v) is 8.78.